The van der Waals surface area contributed by atoms with Crippen LogP contribution in [-0.4, -0.2) is 29.8 Å². The fourth-order valence-corrected chi connectivity index (χ4v) is 4.09. The molecule has 4 heteroatoms. The Hall–Kier alpha value is -0.770. The number of carbonyl (C=O) groups excluding carboxylic acids is 1. The summed E-state index contributed by atoms with van der Waals surface area (Å²) in [5.74, 6) is 0.836. The number of nitrogens with one attached hydrogen (secondary N) is 2. The van der Waals surface area contributed by atoms with Gasteiger partial charge in [-0.3, -0.25) is 0 Å². The maximum atomic E-state index is 11.9. The van der Waals surface area contributed by atoms with Crippen LogP contribution < -0.4 is 10.6 Å². The molecule has 2 N–H and O–H groups in total. The third-order valence-electron chi connectivity index (χ3n) is 5.25. The van der Waals surface area contributed by atoms with Crippen molar-refractivity contribution in [3.05, 3.63) is 0 Å². The monoisotopic (exact) mass is 324 g/mol. The van der Waals surface area contributed by atoms with Gasteiger partial charge in [0, 0.05) is 18.1 Å². The smallest absolute Gasteiger partial charge is 0.407 e. The third-order valence-corrected chi connectivity index (χ3v) is 5.25. The van der Waals surface area contributed by atoms with Crippen LogP contribution in [0.4, 0.5) is 4.79 Å². The minimum atomic E-state index is -0.425. The van der Waals surface area contributed by atoms with Crippen LogP contribution in [0.25, 0.3) is 0 Å². The van der Waals surface area contributed by atoms with Crippen LogP contribution in [0, 0.1) is 5.92 Å². The van der Waals surface area contributed by atoms with Gasteiger partial charge in [-0.2, -0.15) is 0 Å². The second-order valence-corrected chi connectivity index (χ2v) is 8.56. The minimum absolute atomic E-state index is 0.245. The number of ether oxygens (including phenoxy) is 1. The second kappa shape index (κ2) is 8.36. The molecule has 1 amide bonds. The van der Waals surface area contributed by atoms with Crippen LogP contribution in [0.3, 0.4) is 0 Å². The molecule has 0 aromatic carbocycles. The van der Waals surface area contributed by atoms with E-state index in [1.807, 2.05) is 20.8 Å². The van der Waals surface area contributed by atoms with Gasteiger partial charge in [0.2, 0.25) is 0 Å². The summed E-state index contributed by atoms with van der Waals surface area (Å²) >= 11 is 0. The second-order valence-electron chi connectivity index (χ2n) is 8.56. The summed E-state index contributed by atoms with van der Waals surface area (Å²) in [5.41, 5.74) is -0.425. The molecule has 0 radical (unpaired) electrons. The molecule has 2 aliphatic rings. The van der Waals surface area contributed by atoms with Crippen LogP contribution in [0.15, 0.2) is 0 Å². The summed E-state index contributed by atoms with van der Waals surface area (Å²) in [7, 11) is 0. The standard InChI is InChI=1S/C19H36N2O2/c1-14(15-9-6-5-7-10-15)20-16-11-8-12-17(13-16)21-18(22)23-19(2,3)4/h14-17,20H,5-13H2,1-4H3,(H,21,22)/t14-,16?,17?/m0/s1. The van der Waals surface area contributed by atoms with Crippen molar-refractivity contribution in [2.75, 3.05) is 0 Å². The summed E-state index contributed by atoms with van der Waals surface area (Å²) < 4.78 is 5.38. The largest absolute Gasteiger partial charge is 0.444 e. The van der Waals surface area contributed by atoms with Crippen LogP contribution in [0.5, 0.6) is 0 Å². The van der Waals surface area contributed by atoms with E-state index in [0.717, 1.165) is 18.8 Å². The lowest BCUT2D eigenvalue weighted by molar-refractivity contribution is 0.0487. The lowest BCUT2D eigenvalue weighted by Crippen LogP contribution is -2.49. The highest BCUT2D eigenvalue weighted by atomic mass is 16.6. The van der Waals surface area contributed by atoms with Crippen molar-refractivity contribution in [1.82, 2.24) is 10.6 Å². The first-order valence-electron chi connectivity index (χ1n) is 9.59. The third kappa shape index (κ3) is 6.70. The van der Waals surface area contributed by atoms with E-state index in [0.29, 0.717) is 12.1 Å². The minimum Gasteiger partial charge on any atom is -0.444 e. The van der Waals surface area contributed by atoms with Gasteiger partial charge < -0.3 is 15.4 Å². The number of rotatable bonds is 4. The van der Waals surface area contributed by atoms with E-state index >= 15 is 0 Å². The molecule has 23 heavy (non-hydrogen) atoms. The molecule has 2 rings (SSSR count). The van der Waals surface area contributed by atoms with Crippen LogP contribution in [0.2, 0.25) is 0 Å². The van der Waals surface area contributed by atoms with Crippen molar-refractivity contribution < 1.29 is 9.53 Å². The van der Waals surface area contributed by atoms with Crippen molar-refractivity contribution >= 4 is 6.09 Å². The predicted octanol–water partition coefficient (Wildman–Crippen LogP) is 4.38. The van der Waals surface area contributed by atoms with Gasteiger partial charge in [-0.1, -0.05) is 19.3 Å². The van der Waals surface area contributed by atoms with Gasteiger partial charge in [0.25, 0.3) is 0 Å². The van der Waals surface area contributed by atoms with Crippen molar-refractivity contribution in [1.29, 1.82) is 0 Å². The van der Waals surface area contributed by atoms with Gasteiger partial charge in [0.1, 0.15) is 5.60 Å². The molecule has 2 aliphatic carbocycles. The molecule has 0 aliphatic heterocycles. The molecule has 2 fully saturated rings. The quantitative estimate of drug-likeness (QED) is 0.807. The molecular formula is C19H36N2O2. The van der Waals surface area contributed by atoms with Crippen molar-refractivity contribution in [3.8, 4) is 0 Å². The summed E-state index contributed by atoms with van der Waals surface area (Å²) in [6, 6.07) is 1.37. The van der Waals surface area contributed by atoms with Gasteiger partial charge >= 0.3 is 6.09 Å². The Bertz CT molecular complexity index is 372. The molecule has 0 saturated heterocycles. The Morgan fingerprint density at radius 3 is 2.30 bits per heavy atom. The van der Waals surface area contributed by atoms with Crippen LogP contribution in [-0.2, 0) is 4.74 Å². The summed E-state index contributed by atoms with van der Waals surface area (Å²) in [5, 5.41) is 6.90. The van der Waals surface area contributed by atoms with Crippen LogP contribution >= 0.6 is 0 Å². The highest BCUT2D eigenvalue weighted by molar-refractivity contribution is 5.68. The van der Waals surface area contributed by atoms with Gasteiger partial charge in [-0.15, -0.1) is 0 Å². The molecule has 3 atom stereocenters. The Morgan fingerprint density at radius 1 is 1.00 bits per heavy atom. The Kier molecular flexibility index (Phi) is 6.75. The molecule has 0 aromatic heterocycles. The lowest BCUT2D eigenvalue weighted by atomic mass is 9.83. The van der Waals surface area contributed by atoms with Crippen molar-refractivity contribution in [3.63, 3.8) is 0 Å². The Balaban J connectivity index is 1.75. The normalized spacial score (nSPS) is 28.2. The first-order valence-corrected chi connectivity index (χ1v) is 9.59. The van der Waals surface area contributed by atoms with Gasteiger partial charge in [-0.25, -0.2) is 4.79 Å². The maximum absolute atomic E-state index is 11.9. The number of amides is 1. The van der Waals surface area contributed by atoms with E-state index in [9.17, 15) is 4.79 Å². The zero-order valence-corrected chi connectivity index (χ0v) is 15.5. The average molecular weight is 325 g/mol. The molecule has 0 aromatic rings. The highest BCUT2D eigenvalue weighted by Gasteiger charge is 2.28. The van der Waals surface area contributed by atoms with Gasteiger partial charge in [0.05, 0.1) is 0 Å². The predicted molar refractivity (Wildman–Crippen MR) is 94.6 cm³/mol. The first kappa shape index (κ1) is 18.6. The van der Waals surface area contributed by atoms with Gasteiger partial charge in [0.15, 0.2) is 0 Å². The number of hydrogen-bond donors (Lipinski definition) is 2. The van der Waals surface area contributed by atoms with E-state index in [1.54, 1.807) is 0 Å². The number of carbonyl (C=O) groups is 1. The molecular weight excluding hydrogens is 288 g/mol. The molecule has 0 bridgehead atoms. The molecule has 0 spiro atoms. The maximum Gasteiger partial charge on any atom is 0.407 e. The topological polar surface area (TPSA) is 50.4 Å². The fourth-order valence-electron chi connectivity index (χ4n) is 4.09. The number of alkyl carbamates (subject to hydrolysis) is 1. The zero-order chi connectivity index (χ0) is 16.9. The van der Waals surface area contributed by atoms with Crippen molar-refractivity contribution in [2.45, 2.75) is 109 Å². The van der Waals surface area contributed by atoms with E-state index in [1.165, 1.54) is 44.9 Å². The average Bonchev–Trinajstić information content (AvgIpc) is 2.46. The zero-order valence-electron chi connectivity index (χ0n) is 15.5. The van der Waals surface area contributed by atoms with E-state index in [-0.39, 0.29) is 12.1 Å². The summed E-state index contributed by atoms with van der Waals surface area (Å²) in [4.78, 5) is 11.9. The van der Waals surface area contributed by atoms with Crippen LogP contribution in [0.1, 0.15) is 85.5 Å². The van der Waals surface area contributed by atoms with E-state index in [2.05, 4.69) is 17.6 Å². The summed E-state index contributed by atoms with van der Waals surface area (Å²) in [6.45, 7) is 8.07. The number of hydrogen-bond acceptors (Lipinski definition) is 3. The molecule has 134 valence electrons. The Morgan fingerprint density at radius 2 is 1.65 bits per heavy atom. The lowest BCUT2D eigenvalue weighted by Gasteiger charge is -2.36. The van der Waals surface area contributed by atoms with E-state index in [4.69, 9.17) is 4.74 Å². The van der Waals surface area contributed by atoms with E-state index < -0.39 is 5.60 Å². The molecule has 4 nitrogen and oxygen atoms in total. The summed E-state index contributed by atoms with van der Waals surface area (Å²) in [6.07, 6.45) is 11.2. The van der Waals surface area contributed by atoms with Gasteiger partial charge in [-0.05, 0) is 72.1 Å². The molecule has 2 saturated carbocycles. The first-order chi connectivity index (χ1) is 10.8. The molecule has 0 heterocycles. The molecule has 2 unspecified atom stereocenters. The van der Waals surface area contributed by atoms with Crippen molar-refractivity contribution in [2.24, 2.45) is 5.92 Å². The Labute approximate surface area is 142 Å². The highest BCUT2D eigenvalue weighted by Crippen LogP contribution is 2.28. The SMILES string of the molecule is C[C@H](NC1CCCC(NC(=O)OC(C)(C)C)C1)C1CCCCC1. The fraction of sp³-hybridized carbons (Fsp3) is 0.947.